The Labute approximate surface area is 153 Å². The van der Waals surface area contributed by atoms with Gasteiger partial charge in [-0.3, -0.25) is 0 Å². The van der Waals surface area contributed by atoms with E-state index >= 15 is 0 Å². The molecule has 2 aromatic rings. The van der Waals surface area contributed by atoms with E-state index in [1.54, 1.807) is 0 Å². The van der Waals surface area contributed by atoms with Crippen LogP contribution in [0.2, 0.25) is 5.04 Å². The van der Waals surface area contributed by atoms with Gasteiger partial charge < -0.3 is 4.43 Å². The Bertz CT molecular complexity index is 594. The lowest BCUT2D eigenvalue weighted by atomic mass is 10.2. The van der Waals surface area contributed by atoms with E-state index < -0.39 is 8.32 Å². The Kier molecular flexibility index (Phi) is 6.50. The van der Waals surface area contributed by atoms with E-state index in [1.807, 2.05) is 6.08 Å². The van der Waals surface area contributed by atoms with Crippen molar-refractivity contribution in [3.8, 4) is 0 Å². The molecule has 24 heavy (non-hydrogen) atoms. The second-order valence-corrected chi connectivity index (χ2v) is 12.2. The van der Waals surface area contributed by atoms with Crippen molar-refractivity contribution in [3.05, 3.63) is 73.3 Å². The van der Waals surface area contributed by atoms with Crippen molar-refractivity contribution >= 4 is 31.3 Å². The fourth-order valence-corrected chi connectivity index (χ4v) is 8.21. The molecule has 0 aliphatic heterocycles. The van der Waals surface area contributed by atoms with Gasteiger partial charge in [-0.2, -0.15) is 12.6 Å². The fraction of sp³-hybridized carbons (Fsp3) is 0.333. The number of hydrogen-bond acceptors (Lipinski definition) is 2. The summed E-state index contributed by atoms with van der Waals surface area (Å²) in [5.74, 6) is 0. The van der Waals surface area contributed by atoms with Crippen molar-refractivity contribution in [1.82, 2.24) is 0 Å². The van der Waals surface area contributed by atoms with E-state index in [4.69, 9.17) is 4.43 Å². The van der Waals surface area contributed by atoms with Crippen molar-refractivity contribution in [2.75, 3.05) is 6.61 Å². The lowest BCUT2D eigenvalue weighted by Crippen LogP contribution is -2.67. The van der Waals surface area contributed by atoms with E-state index in [1.165, 1.54) is 10.4 Å². The number of benzene rings is 2. The lowest BCUT2D eigenvalue weighted by Gasteiger charge is -2.43. The van der Waals surface area contributed by atoms with Crippen molar-refractivity contribution < 1.29 is 4.43 Å². The van der Waals surface area contributed by atoms with Crippen LogP contribution in [-0.2, 0) is 4.43 Å². The SMILES string of the molecule is C=CCC(S)CO[Si](c1ccccc1)(c1ccccc1)C(C)(C)C. The molecule has 0 fully saturated rings. The highest BCUT2D eigenvalue weighted by Gasteiger charge is 2.50. The summed E-state index contributed by atoms with van der Waals surface area (Å²) in [7, 11) is -2.42. The van der Waals surface area contributed by atoms with Gasteiger partial charge in [0.25, 0.3) is 8.32 Å². The molecule has 128 valence electrons. The van der Waals surface area contributed by atoms with Gasteiger partial charge in [-0.1, -0.05) is 87.5 Å². The van der Waals surface area contributed by atoms with Gasteiger partial charge in [0.2, 0.25) is 0 Å². The molecule has 0 aliphatic carbocycles. The van der Waals surface area contributed by atoms with Crippen LogP contribution in [0.1, 0.15) is 27.2 Å². The van der Waals surface area contributed by atoms with Gasteiger partial charge in [-0.15, -0.1) is 6.58 Å². The van der Waals surface area contributed by atoms with Gasteiger partial charge >= 0.3 is 0 Å². The molecule has 0 saturated carbocycles. The molecule has 1 nitrogen and oxygen atoms in total. The van der Waals surface area contributed by atoms with Crippen molar-refractivity contribution in [2.24, 2.45) is 0 Å². The molecule has 0 N–H and O–H groups in total. The third kappa shape index (κ3) is 4.02. The Morgan fingerprint density at radius 3 is 1.83 bits per heavy atom. The van der Waals surface area contributed by atoms with E-state index in [0.717, 1.165) is 6.42 Å². The molecular weight excluding hydrogens is 328 g/mol. The Balaban J connectivity index is 2.55. The third-order valence-electron chi connectivity index (χ3n) is 4.35. The van der Waals surface area contributed by atoms with Crippen molar-refractivity contribution in [3.63, 3.8) is 0 Å². The zero-order valence-corrected chi connectivity index (χ0v) is 16.8. The zero-order chi connectivity index (χ0) is 17.6. The number of allylic oxidation sites excluding steroid dienone is 1. The predicted octanol–water partition coefficient (Wildman–Crippen LogP) is 4.44. The molecule has 0 heterocycles. The fourth-order valence-electron chi connectivity index (χ4n) is 3.24. The zero-order valence-electron chi connectivity index (χ0n) is 14.9. The molecule has 0 saturated heterocycles. The summed E-state index contributed by atoms with van der Waals surface area (Å²) >= 11 is 4.67. The minimum Gasteiger partial charge on any atom is -0.406 e. The first-order chi connectivity index (χ1) is 11.4. The summed E-state index contributed by atoms with van der Waals surface area (Å²) < 4.78 is 6.80. The van der Waals surface area contributed by atoms with E-state index in [0.29, 0.717) is 6.61 Å². The number of hydrogen-bond donors (Lipinski definition) is 1. The molecular formula is C21H28OSSi. The molecule has 1 atom stereocenters. The van der Waals surface area contributed by atoms with Crippen LogP contribution >= 0.6 is 12.6 Å². The molecule has 0 amide bonds. The second-order valence-electron chi connectivity index (χ2n) is 7.15. The van der Waals surface area contributed by atoms with Crippen LogP contribution in [0.5, 0.6) is 0 Å². The highest BCUT2D eigenvalue weighted by Crippen LogP contribution is 2.37. The molecule has 2 rings (SSSR count). The van der Waals surface area contributed by atoms with Gasteiger partial charge in [0.1, 0.15) is 0 Å². The maximum atomic E-state index is 6.80. The van der Waals surface area contributed by atoms with Crippen LogP contribution in [0.15, 0.2) is 73.3 Å². The predicted molar refractivity (Wildman–Crippen MR) is 111 cm³/mol. The maximum Gasteiger partial charge on any atom is 0.261 e. The highest BCUT2D eigenvalue weighted by atomic mass is 32.1. The first kappa shape index (κ1) is 19.0. The van der Waals surface area contributed by atoms with Crippen LogP contribution < -0.4 is 10.4 Å². The summed E-state index contributed by atoms with van der Waals surface area (Å²) in [6.45, 7) is 11.3. The summed E-state index contributed by atoms with van der Waals surface area (Å²) in [5, 5.41) is 2.80. The Morgan fingerprint density at radius 2 is 1.46 bits per heavy atom. The minimum absolute atomic E-state index is 0.0113. The summed E-state index contributed by atoms with van der Waals surface area (Å²) in [6.07, 6.45) is 2.76. The maximum absolute atomic E-state index is 6.80. The van der Waals surface area contributed by atoms with Crippen molar-refractivity contribution in [1.29, 1.82) is 0 Å². The van der Waals surface area contributed by atoms with Crippen LogP contribution in [0.25, 0.3) is 0 Å². The van der Waals surface area contributed by atoms with Gasteiger partial charge in [0, 0.05) is 11.9 Å². The normalized spacial score (nSPS) is 13.5. The quantitative estimate of drug-likeness (QED) is 0.438. The first-order valence-corrected chi connectivity index (χ1v) is 10.9. The molecule has 0 spiro atoms. The molecule has 0 bridgehead atoms. The monoisotopic (exact) mass is 356 g/mol. The molecule has 0 aliphatic rings. The number of thiol groups is 1. The average Bonchev–Trinajstić information content (AvgIpc) is 2.56. The molecule has 1 unspecified atom stereocenters. The van der Waals surface area contributed by atoms with Gasteiger partial charge in [0.05, 0.1) is 0 Å². The molecule has 2 aromatic carbocycles. The van der Waals surface area contributed by atoms with E-state index in [9.17, 15) is 0 Å². The smallest absolute Gasteiger partial charge is 0.261 e. The molecule has 0 aromatic heterocycles. The highest BCUT2D eigenvalue weighted by molar-refractivity contribution is 7.81. The van der Waals surface area contributed by atoms with Crippen molar-refractivity contribution in [2.45, 2.75) is 37.5 Å². The van der Waals surface area contributed by atoms with E-state index in [2.05, 4.69) is 101 Å². The Hall–Kier alpha value is -1.29. The summed E-state index contributed by atoms with van der Waals surface area (Å²) in [4.78, 5) is 0. The van der Waals surface area contributed by atoms with Gasteiger partial charge in [-0.05, 0) is 21.8 Å². The topological polar surface area (TPSA) is 9.23 Å². The lowest BCUT2D eigenvalue weighted by molar-refractivity contribution is 0.298. The average molecular weight is 357 g/mol. The molecule has 0 radical (unpaired) electrons. The van der Waals surface area contributed by atoms with E-state index in [-0.39, 0.29) is 10.3 Å². The largest absolute Gasteiger partial charge is 0.406 e. The van der Waals surface area contributed by atoms with Crippen LogP contribution in [0, 0.1) is 0 Å². The van der Waals surface area contributed by atoms with Gasteiger partial charge in [-0.25, -0.2) is 0 Å². The number of rotatable bonds is 7. The third-order valence-corrected chi connectivity index (χ3v) is 9.71. The van der Waals surface area contributed by atoms with Gasteiger partial charge in [0.15, 0.2) is 0 Å². The standard InChI is InChI=1S/C21H28OSSi/c1-5-12-18(23)17-22-24(21(2,3)4,19-13-8-6-9-14-19)20-15-10-7-11-16-20/h5-11,13-16,18,23H,1,12,17H2,2-4H3. The second kappa shape index (κ2) is 8.19. The first-order valence-electron chi connectivity index (χ1n) is 8.46. The summed E-state index contributed by atoms with van der Waals surface area (Å²) in [5.41, 5.74) is 0. The van der Waals surface area contributed by atoms with Crippen LogP contribution in [0.4, 0.5) is 0 Å². The van der Waals surface area contributed by atoms with Crippen LogP contribution in [0.3, 0.4) is 0 Å². The van der Waals surface area contributed by atoms with Crippen LogP contribution in [-0.4, -0.2) is 20.2 Å². The Morgan fingerprint density at radius 1 is 1.00 bits per heavy atom. The minimum atomic E-state index is -2.42. The molecule has 3 heteroatoms. The summed E-state index contributed by atoms with van der Waals surface area (Å²) in [6, 6.07) is 21.4.